The number of anilines is 1. The summed E-state index contributed by atoms with van der Waals surface area (Å²) in [6.45, 7) is 6.79. The molecule has 6 heteroatoms. The molecule has 0 amide bonds. The molecule has 0 atom stereocenters. The fraction of sp³-hybridized carbons (Fsp3) is 0.471. The zero-order chi connectivity index (χ0) is 16.8. The van der Waals surface area contributed by atoms with Crippen molar-refractivity contribution < 1.29 is 14.3 Å². The van der Waals surface area contributed by atoms with E-state index in [0.717, 1.165) is 36.6 Å². The highest BCUT2D eigenvalue weighted by molar-refractivity contribution is 6.01. The minimum absolute atomic E-state index is 0.360. The summed E-state index contributed by atoms with van der Waals surface area (Å²) in [5, 5.41) is 0. The van der Waals surface area contributed by atoms with Crippen molar-refractivity contribution in [2.75, 3.05) is 25.2 Å². The van der Waals surface area contributed by atoms with Crippen LogP contribution in [0.3, 0.4) is 0 Å². The molecule has 0 radical (unpaired) electrons. The molecular formula is C17H23N3O3. The lowest BCUT2D eigenvalue weighted by Gasteiger charge is -2.21. The Morgan fingerprint density at radius 2 is 2.26 bits per heavy atom. The van der Waals surface area contributed by atoms with Crippen molar-refractivity contribution in [1.82, 2.24) is 4.98 Å². The number of esters is 1. The van der Waals surface area contributed by atoms with Gasteiger partial charge in [-0.2, -0.15) is 0 Å². The number of aryl methyl sites for hydroxylation is 1. The number of aliphatic imine (C=N–C) groups is 1. The monoisotopic (exact) mass is 317 g/mol. The van der Waals surface area contributed by atoms with Gasteiger partial charge in [-0.25, -0.2) is 14.8 Å². The van der Waals surface area contributed by atoms with Crippen LogP contribution in [0.5, 0.6) is 5.88 Å². The Bertz CT molecular complexity index is 638. The van der Waals surface area contributed by atoms with E-state index in [-0.39, 0.29) is 5.97 Å². The van der Waals surface area contributed by atoms with Crippen LogP contribution in [0.25, 0.3) is 0 Å². The molecule has 6 nitrogen and oxygen atoms in total. The molecule has 124 valence electrons. The Labute approximate surface area is 136 Å². The molecule has 0 saturated carbocycles. The van der Waals surface area contributed by atoms with Crippen LogP contribution < -0.4 is 9.64 Å². The number of nitrogens with zero attached hydrogens (tertiary/aromatic N) is 3. The van der Waals surface area contributed by atoms with E-state index in [0.29, 0.717) is 18.2 Å². The summed E-state index contributed by atoms with van der Waals surface area (Å²) in [5.74, 6) is 1.18. The Morgan fingerprint density at radius 3 is 2.91 bits per heavy atom. The summed E-state index contributed by atoms with van der Waals surface area (Å²) in [5.41, 5.74) is 2.56. The molecule has 1 saturated heterocycles. The average Bonchev–Trinajstić information content (AvgIpc) is 2.94. The van der Waals surface area contributed by atoms with Gasteiger partial charge in [0.1, 0.15) is 5.84 Å². The number of amidine groups is 1. The highest BCUT2D eigenvalue weighted by atomic mass is 16.5. The van der Waals surface area contributed by atoms with Crippen LogP contribution in [0.4, 0.5) is 5.69 Å². The van der Waals surface area contributed by atoms with Crippen molar-refractivity contribution in [2.24, 2.45) is 4.99 Å². The van der Waals surface area contributed by atoms with Gasteiger partial charge in [0.15, 0.2) is 0 Å². The Morgan fingerprint density at radius 1 is 1.48 bits per heavy atom. The van der Waals surface area contributed by atoms with Crippen LogP contribution in [-0.4, -0.2) is 37.1 Å². The molecule has 0 N–H and O–H groups in total. The van der Waals surface area contributed by atoms with E-state index in [1.807, 2.05) is 19.1 Å². The van der Waals surface area contributed by atoms with Crippen molar-refractivity contribution in [3.8, 4) is 5.88 Å². The first-order chi connectivity index (χ1) is 11.0. The summed E-state index contributed by atoms with van der Waals surface area (Å²) >= 11 is 0. The Hall–Kier alpha value is -2.37. The number of pyridine rings is 1. The van der Waals surface area contributed by atoms with Gasteiger partial charge >= 0.3 is 5.97 Å². The van der Waals surface area contributed by atoms with Gasteiger partial charge in [0.25, 0.3) is 0 Å². The fourth-order valence-corrected chi connectivity index (χ4v) is 2.56. The second-order valence-electron chi connectivity index (χ2n) is 5.28. The van der Waals surface area contributed by atoms with Crippen molar-refractivity contribution in [2.45, 2.75) is 33.6 Å². The van der Waals surface area contributed by atoms with Gasteiger partial charge < -0.3 is 14.4 Å². The second kappa shape index (κ2) is 7.76. The number of methoxy groups -OCH3 is 1. The van der Waals surface area contributed by atoms with Crippen LogP contribution >= 0.6 is 0 Å². The van der Waals surface area contributed by atoms with Crippen molar-refractivity contribution in [3.63, 3.8) is 0 Å². The molecule has 1 aromatic heterocycles. The highest BCUT2D eigenvalue weighted by Gasteiger charge is 2.22. The van der Waals surface area contributed by atoms with E-state index < -0.39 is 0 Å². The zero-order valence-corrected chi connectivity index (χ0v) is 14.1. The van der Waals surface area contributed by atoms with E-state index in [1.54, 1.807) is 21.0 Å². The van der Waals surface area contributed by atoms with Crippen molar-refractivity contribution in [3.05, 3.63) is 29.6 Å². The predicted molar refractivity (Wildman–Crippen MR) is 89.9 cm³/mol. The number of carbonyl (C=O) groups excluding carboxylic acids is 1. The molecule has 0 aliphatic carbocycles. The number of allylic oxidation sites excluding steroid dienone is 1. The molecule has 0 bridgehead atoms. The minimum atomic E-state index is -0.360. The first-order valence-electron chi connectivity index (χ1n) is 7.77. The summed E-state index contributed by atoms with van der Waals surface area (Å²) in [7, 11) is 1.60. The van der Waals surface area contributed by atoms with Crippen molar-refractivity contribution in [1.29, 1.82) is 0 Å². The third-order valence-corrected chi connectivity index (χ3v) is 3.54. The molecule has 2 heterocycles. The first-order valence-corrected chi connectivity index (χ1v) is 7.77. The third kappa shape index (κ3) is 4.31. The Balaban J connectivity index is 2.23. The quantitative estimate of drug-likeness (QED) is 0.617. The number of hydrogen-bond donors (Lipinski definition) is 0. The largest absolute Gasteiger partial charge is 0.481 e. The topological polar surface area (TPSA) is 64.0 Å². The summed E-state index contributed by atoms with van der Waals surface area (Å²) in [4.78, 5) is 22.6. The summed E-state index contributed by atoms with van der Waals surface area (Å²) < 4.78 is 10.1. The second-order valence-corrected chi connectivity index (χ2v) is 5.28. The number of hydrogen-bond acceptors (Lipinski definition) is 5. The van der Waals surface area contributed by atoms with E-state index in [4.69, 9.17) is 9.47 Å². The van der Waals surface area contributed by atoms with Gasteiger partial charge in [0.2, 0.25) is 5.88 Å². The molecule has 0 unspecified atom stereocenters. The van der Waals surface area contributed by atoms with Gasteiger partial charge in [-0.3, -0.25) is 0 Å². The normalized spacial score (nSPS) is 16.8. The van der Waals surface area contributed by atoms with Crippen LogP contribution in [0, 0.1) is 6.92 Å². The van der Waals surface area contributed by atoms with Gasteiger partial charge in [-0.05, 0) is 33.3 Å². The molecule has 1 fully saturated rings. The molecule has 1 aliphatic heterocycles. The molecule has 1 aromatic rings. The van der Waals surface area contributed by atoms with E-state index in [2.05, 4.69) is 14.9 Å². The summed E-state index contributed by atoms with van der Waals surface area (Å²) in [6, 6.07) is 3.84. The number of rotatable bonds is 5. The third-order valence-electron chi connectivity index (χ3n) is 3.54. The fourth-order valence-electron chi connectivity index (χ4n) is 2.56. The van der Waals surface area contributed by atoms with Gasteiger partial charge in [0.05, 0.1) is 25.1 Å². The highest BCUT2D eigenvalue weighted by Crippen LogP contribution is 2.27. The molecule has 0 aromatic carbocycles. The lowest BCUT2D eigenvalue weighted by atomic mass is 10.3. The molecule has 0 spiro atoms. The van der Waals surface area contributed by atoms with Gasteiger partial charge in [-0.15, -0.1) is 0 Å². The smallest absolute Gasteiger partial charge is 0.332 e. The molecule has 1 aliphatic rings. The standard InChI is InChI=1S/C17H23N3O3/c1-5-23-17(21)11-12(2)18-15-7-6-10-20(15)14-8-9-16(22-4)19-13(14)3/h8-9,11H,5-7,10H2,1-4H3. The molecule has 2 rings (SSSR count). The predicted octanol–water partition coefficient (Wildman–Crippen LogP) is 2.86. The maximum absolute atomic E-state index is 11.5. The summed E-state index contributed by atoms with van der Waals surface area (Å²) in [6.07, 6.45) is 3.32. The lowest BCUT2D eigenvalue weighted by Crippen LogP contribution is -2.25. The molecule has 23 heavy (non-hydrogen) atoms. The van der Waals surface area contributed by atoms with Crippen LogP contribution in [0.2, 0.25) is 0 Å². The number of ether oxygens (including phenoxy) is 2. The minimum Gasteiger partial charge on any atom is -0.481 e. The van der Waals surface area contributed by atoms with E-state index >= 15 is 0 Å². The van der Waals surface area contributed by atoms with Crippen molar-refractivity contribution >= 4 is 17.5 Å². The van der Waals surface area contributed by atoms with Gasteiger partial charge in [0, 0.05) is 30.8 Å². The number of carbonyl (C=O) groups is 1. The zero-order valence-electron chi connectivity index (χ0n) is 14.1. The number of aromatic nitrogens is 1. The Kier molecular flexibility index (Phi) is 5.73. The van der Waals surface area contributed by atoms with Gasteiger partial charge in [-0.1, -0.05) is 0 Å². The first kappa shape index (κ1) is 17.0. The van der Waals surface area contributed by atoms with Crippen LogP contribution in [-0.2, 0) is 9.53 Å². The maximum atomic E-state index is 11.5. The van der Waals surface area contributed by atoms with Crippen LogP contribution in [0.1, 0.15) is 32.4 Å². The van der Waals surface area contributed by atoms with E-state index in [9.17, 15) is 4.79 Å². The lowest BCUT2D eigenvalue weighted by molar-refractivity contribution is -0.137. The van der Waals surface area contributed by atoms with E-state index in [1.165, 1.54) is 6.08 Å². The molecular weight excluding hydrogens is 294 g/mol. The maximum Gasteiger partial charge on any atom is 0.332 e. The SMILES string of the molecule is CCOC(=O)C=C(C)N=C1CCCN1c1ccc(OC)nc1C. The van der Waals surface area contributed by atoms with Crippen LogP contribution in [0.15, 0.2) is 28.9 Å². The average molecular weight is 317 g/mol.